The van der Waals surface area contributed by atoms with Gasteiger partial charge in [0.15, 0.2) is 10.7 Å². The van der Waals surface area contributed by atoms with Crippen molar-refractivity contribution < 1.29 is 30.7 Å². The zero-order chi connectivity index (χ0) is 22.9. The molecule has 3 rings (SSSR count). The number of aryl methyl sites for hydroxylation is 1. The summed E-state index contributed by atoms with van der Waals surface area (Å²) >= 11 is 2.58. The fraction of sp³-hybridized carbons (Fsp3) is 0.150. The average molecular weight is 519 g/mol. The number of anilines is 1. The molecule has 2 aromatic carbocycles. The van der Waals surface area contributed by atoms with Crippen LogP contribution in [0.3, 0.4) is 0 Å². The van der Waals surface area contributed by atoms with E-state index >= 15 is 0 Å². The van der Waals surface area contributed by atoms with Crippen LogP contribution in [0.15, 0.2) is 51.8 Å². The van der Waals surface area contributed by atoms with E-state index in [1.54, 1.807) is 25.1 Å². The van der Waals surface area contributed by atoms with Crippen LogP contribution in [0.4, 0.5) is 23.4 Å². The Morgan fingerprint density at radius 2 is 1.77 bits per heavy atom. The second-order valence-corrected chi connectivity index (χ2v) is 9.01. The van der Waals surface area contributed by atoms with Crippen molar-refractivity contribution in [2.75, 3.05) is 11.4 Å². The van der Waals surface area contributed by atoms with Crippen LogP contribution in [-0.4, -0.2) is 20.5 Å². The fourth-order valence-corrected chi connectivity index (χ4v) is 4.80. The van der Waals surface area contributed by atoms with Gasteiger partial charge >= 0.3 is 0 Å². The summed E-state index contributed by atoms with van der Waals surface area (Å²) in [5.74, 6) is -5.48. The highest BCUT2D eigenvalue weighted by Gasteiger charge is 2.35. The van der Waals surface area contributed by atoms with Gasteiger partial charge < -0.3 is 4.74 Å². The van der Waals surface area contributed by atoms with E-state index in [1.165, 1.54) is 19.2 Å². The molecule has 5 nitrogen and oxygen atoms in total. The molecule has 1 aromatic heterocycles. The van der Waals surface area contributed by atoms with Crippen LogP contribution < -0.4 is 9.04 Å². The second kappa shape index (κ2) is 8.83. The van der Waals surface area contributed by atoms with Gasteiger partial charge in [-0.1, -0.05) is 12.1 Å². The summed E-state index contributed by atoms with van der Waals surface area (Å²) in [4.78, 5) is 2.16. The normalized spacial score (nSPS) is 11.5. The molecule has 0 N–H and O–H groups in total. The van der Waals surface area contributed by atoms with Crippen LogP contribution >= 0.6 is 15.9 Å². The Morgan fingerprint density at radius 3 is 2.39 bits per heavy atom. The lowest BCUT2D eigenvalue weighted by atomic mass is 10.1. The summed E-state index contributed by atoms with van der Waals surface area (Å²) in [6.07, 6.45) is 0. The minimum Gasteiger partial charge on any atom is -0.497 e. The smallest absolute Gasteiger partial charge is 0.271 e. The van der Waals surface area contributed by atoms with Crippen LogP contribution in [0.2, 0.25) is 0 Å². The number of sulfonamides is 1. The molecule has 0 unspecified atom stereocenters. The molecule has 0 radical (unpaired) electrons. The minimum absolute atomic E-state index is 0.246. The highest BCUT2D eigenvalue weighted by atomic mass is 79.9. The molecule has 0 aliphatic heterocycles. The molecule has 11 heteroatoms. The van der Waals surface area contributed by atoms with Gasteiger partial charge in [-0.2, -0.15) is 4.39 Å². The van der Waals surface area contributed by atoms with Crippen LogP contribution in [0, 0.1) is 30.3 Å². The lowest BCUT2D eigenvalue weighted by molar-refractivity contribution is 0.414. The molecule has 3 aromatic rings. The lowest BCUT2D eigenvalue weighted by Gasteiger charge is -2.25. The molecule has 0 amide bonds. The van der Waals surface area contributed by atoms with E-state index in [2.05, 4.69) is 20.9 Å². The van der Waals surface area contributed by atoms with Crippen LogP contribution in [0.25, 0.3) is 0 Å². The number of pyridine rings is 1. The van der Waals surface area contributed by atoms with Crippen molar-refractivity contribution in [3.63, 3.8) is 0 Å². The third-order valence-corrected chi connectivity index (χ3v) is 6.95. The molecule has 0 atom stereocenters. The number of rotatable bonds is 6. The molecular weight excluding hydrogens is 504 g/mol. The number of hydrogen-bond acceptors (Lipinski definition) is 4. The highest BCUT2D eigenvalue weighted by molar-refractivity contribution is 9.10. The van der Waals surface area contributed by atoms with Gasteiger partial charge in [0.2, 0.25) is 5.95 Å². The van der Waals surface area contributed by atoms with E-state index in [-0.39, 0.29) is 6.07 Å². The first-order valence-corrected chi connectivity index (χ1v) is 10.9. The largest absolute Gasteiger partial charge is 0.497 e. The number of nitrogens with zero attached hydrogens (tertiary/aromatic N) is 2. The molecule has 31 heavy (non-hydrogen) atoms. The molecule has 1 heterocycles. The van der Waals surface area contributed by atoms with Crippen molar-refractivity contribution in [1.82, 2.24) is 4.98 Å². The molecule has 0 spiro atoms. The quantitative estimate of drug-likeness (QED) is 0.197. The fourth-order valence-electron chi connectivity index (χ4n) is 2.85. The van der Waals surface area contributed by atoms with Crippen LogP contribution in [0.1, 0.15) is 11.1 Å². The summed E-state index contributed by atoms with van der Waals surface area (Å²) in [5, 5.41) is 0. The first-order valence-electron chi connectivity index (χ1n) is 8.68. The number of hydrogen-bond donors (Lipinski definition) is 0. The van der Waals surface area contributed by atoms with Gasteiger partial charge in [0, 0.05) is 6.07 Å². The summed E-state index contributed by atoms with van der Waals surface area (Å²) in [5.41, 5.74) is 1.05. The Bertz CT molecular complexity index is 1260. The Morgan fingerprint density at radius 1 is 1.06 bits per heavy atom. The summed E-state index contributed by atoms with van der Waals surface area (Å²) in [7, 11) is -3.52. The molecule has 0 saturated carbocycles. The third-order valence-electron chi connectivity index (χ3n) is 4.44. The van der Waals surface area contributed by atoms with Gasteiger partial charge in [0.25, 0.3) is 10.0 Å². The predicted molar refractivity (Wildman–Crippen MR) is 109 cm³/mol. The Hall–Kier alpha value is -2.66. The van der Waals surface area contributed by atoms with Crippen molar-refractivity contribution in [3.8, 4) is 5.75 Å². The Kier molecular flexibility index (Phi) is 6.56. The summed E-state index contributed by atoms with van der Waals surface area (Å²) in [6.45, 7) is 1.25. The van der Waals surface area contributed by atoms with Crippen molar-refractivity contribution in [2.45, 2.75) is 18.4 Å². The number of halogens is 5. The molecule has 0 bridgehead atoms. The monoisotopic (exact) mass is 518 g/mol. The van der Waals surface area contributed by atoms with E-state index in [4.69, 9.17) is 4.74 Å². The molecule has 0 aliphatic rings. The summed E-state index contributed by atoms with van der Waals surface area (Å²) in [6, 6.07) is 8.38. The van der Waals surface area contributed by atoms with Crippen LogP contribution in [0.5, 0.6) is 5.75 Å². The number of ether oxygens (including phenoxy) is 1. The Labute approximate surface area is 184 Å². The topological polar surface area (TPSA) is 59.5 Å². The van der Waals surface area contributed by atoms with Crippen molar-refractivity contribution in [3.05, 3.63) is 81.5 Å². The maximum absolute atomic E-state index is 14.6. The van der Waals surface area contributed by atoms with Gasteiger partial charge in [-0.05, 0) is 58.2 Å². The maximum Gasteiger partial charge on any atom is 0.271 e. The lowest BCUT2D eigenvalue weighted by Crippen LogP contribution is -2.33. The third kappa shape index (κ3) is 4.52. The van der Waals surface area contributed by atoms with Crippen LogP contribution in [-0.2, 0) is 16.6 Å². The van der Waals surface area contributed by atoms with E-state index in [1.807, 2.05) is 0 Å². The minimum atomic E-state index is -4.98. The number of aromatic nitrogens is 1. The molecule has 0 fully saturated rings. The van der Waals surface area contributed by atoms with Gasteiger partial charge in [-0.3, -0.25) is 0 Å². The van der Waals surface area contributed by atoms with E-state index < -0.39 is 55.2 Å². The zero-order valence-corrected chi connectivity index (χ0v) is 18.6. The zero-order valence-electron chi connectivity index (χ0n) is 16.2. The van der Waals surface area contributed by atoms with Crippen molar-refractivity contribution in [1.29, 1.82) is 0 Å². The molecular formula is C20H15BrF4N2O3S. The highest BCUT2D eigenvalue weighted by Crippen LogP contribution is 2.33. The SMILES string of the molecule is COc1ccc(CN(c2cccc(F)n2)S(=O)(=O)c2c(F)cc(F)c(Br)c2F)c(C)c1. The van der Waals surface area contributed by atoms with Gasteiger partial charge in [0.1, 0.15) is 23.2 Å². The first kappa shape index (κ1) is 23.0. The van der Waals surface area contributed by atoms with E-state index in [0.717, 1.165) is 6.07 Å². The van der Waals surface area contributed by atoms with Gasteiger partial charge in [-0.25, -0.2) is 30.9 Å². The molecule has 164 valence electrons. The number of benzene rings is 2. The second-order valence-electron chi connectivity index (χ2n) is 6.42. The molecule has 0 saturated heterocycles. The van der Waals surface area contributed by atoms with Crippen molar-refractivity contribution in [2.24, 2.45) is 0 Å². The van der Waals surface area contributed by atoms with E-state index in [0.29, 0.717) is 21.2 Å². The van der Waals surface area contributed by atoms with Gasteiger partial charge in [-0.15, -0.1) is 0 Å². The Balaban J connectivity index is 2.21. The van der Waals surface area contributed by atoms with Crippen molar-refractivity contribution >= 4 is 31.8 Å². The average Bonchev–Trinajstić information content (AvgIpc) is 2.70. The standard InChI is InChI=1S/C20H15BrF4N2O3S/c1-11-8-13(30-2)7-6-12(11)10-27(17-5-3-4-16(24)26-17)31(28,29)20-15(23)9-14(22)18(21)19(20)25/h3-9H,10H2,1-2H3. The molecule has 0 aliphatic carbocycles. The predicted octanol–water partition coefficient (Wildman–Crippen LogP) is 5.11. The van der Waals surface area contributed by atoms with E-state index in [9.17, 15) is 26.0 Å². The van der Waals surface area contributed by atoms with Gasteiger partial charge in [0.05, 0.1) is 18.1 Å². The summed E-state index contributed by atoms with van der Waals surface area (Å²) < 4.78 is 87.9. The first-order chi connectivity index (χ1) is 14.6. The number of methoxy groups -OCH3 is 1. The maximum atomic E-state index is 14.6.